The van der Waals surface area contributed by atoms with Gasteiger partial charge in [0.1, 0.15) is 12.4 Å². The van der Waals surface area contributed by atoms with E-state index in [1.165, 1.54) is 11.8 Å². The average Bonchev–Trinajstić information content (AvgIpc) is 2.94. The average molecular weight is 534 g/mol. The largest absolute Gasteiger partial charge is 0.492 e. The predicted molar refractivity (Wildman–Crippen MR) is 147 cm³/mol. The summed E-state index contributed by atoms with van der Waals surface area (Å²) >= 11 is 1.47. The first kappa shape index (κ1) is 27.4. The van der Waals surface area contributed by atoms with E-state index < -0.39 is 6.10 Å². The van der Waals surface area contributed by atoms with Gasteiger partial charge < -0.3 is 19.1 Å². The molecule has 1 atom stereocenters. The van der Waals surface area contributed by atoms with Gasteiger partial charge in [0.25, 0.3) is 0 Å². The molecular weight excluding hydrogens is 502 g/mol. The van der Waals surface area contributed by atoms with Gasteiger partial charge in [-0.2, -0.15) is 0 Å². The number of nitrogens with zero attached hydrogens (tertiary/aromatic N) is 1. The van der Waals surface area contributed by atoms with E-state index in [4.69, 9.17) is 14.2 Å². The molecule has 1 amide bonds. The predicted octanol–water partition coefficient (Wildman–Crippen LogP) is 4.95. The first-order valence-electron chi connectivity index (χ1n) is 12.7. The highest BCUT2D eigenvalue weighted by molar-refractivity contribution is 8.00. The highest BCUT2D eigenvalue weighted by Crippen LogP contribution is 2.36. The van der Waals surface area contributed by atoms with Crippen molar-refractivity contribution in [2.45, 2.75) is 31.3 Å². The van der Waals surface area contributed by atoms with E-state index >= 15 is 0 Å². The Kier molecular flexibility index (Phi) is 9.56. The maximum absolute atomic E-state index is 13.0. The zero-order chi connectivity index (χ0) is 26.9. The Bertz CT molecular complexity index is 1260. The Morgan fingerprint density at radius 3 is 2.42 bits per heavy atom. The molecule has 1 aliphatic heterocycles. The van der Waals surface area contributed by atoms with Crippen molar-refractivity contribution < 1.29 is 28.6 Å². The first-order valence-corrected chi connectivity index (χ1v) is 13.7. The van der Waals surface area contributed by atoms with Gasteiger partial charge in [0.15, 0.2) is 11.9 Å². The molecule has 0 saturated heterocycles. The minimum Gasteiger partial charge on any atom is -0.492 e. The second kappa shape index (κ2) is 13.3. The number of carbonyl (C=O) groups excluding carboxylic acids is 3. The van der Waals surface area contributed by atoms with Gasteiger partial charge in [-0.1, -0.05) is 42.5 Å². The lowest BCUT2D eigenvalue weighted by atomic mass is 10.0. The minimum atomic E-state index is -0.645. The van der Waals surface area contributed by atoms with Crippen LogP contribution >= 0.6 is 11.8 Å². The van der Waals surface area contributed by atoms with Gasteiger partial charge >= 0.3 is 5.97 Å². The number of thioether (sulfide) groups is 1. The van der Waals surface area contributed by atoms with Crippen molar-refractivity contribution in [1.82, 2.24) is 0 Å². The quantitative estimate of drug-likeness (QED) is 0.241. The molecule has 7 nitrogen and oxygen atoms in total. The molecule has 1 heterocycles. The van der Waals surface area contributed by atoms with Crippen LogP contribution in [-0.2, 0) is 25.5 Å². The summed E-state index contributed by atoms with van der Waals surface area (Å²) in [5.74, 6) is 0.529. The summed E-state index contributed by atoms with van der Waals surface area (Å²) in [6.07, 6.45) is -0.235. The number of esters is 1. The van der Waals surface area contributed by atoms with Crippen LogP contribution in [0.2, 0.25) is 0 Å². The Morgan fingerprint density at radius 2 is 1.71 bits per heavy atom. The summed E-state index contributed by atoms with van der Waals surface area (Å²) in [6.45, 7) is 4.98. The number of ether oxygens (including phenoxy) is 3. The lowest BCUT2D eigenvalue weighted by Gasteiger charge is -2.29. The Hall–Kier alpha value is -3.62. The maximum Gasteiger partial charge on any atom is 0.335 e. The van der Waals surface area contributed by atoms with Gasteiger partial charge in [-0.15, -0.1) is 11.8 Å². The SMILES string of the molecule is CCOC(=O)C(Cc1ccc(OCCN2C(=O)CSc3ccc(C(=O)c4ccccc4)cc32)cc1)OCC. The van der Waals surface area contributed by atoms with Crippen molar-refractivity contribution in [3.05, 3.63) is 89.5 Å². The molecule has 0 bridgehead atoms. The van der Waals surface area contributed by atoms with Gasteiger partial charge in [0.05, 0.1) is 24.6 Å². The molecule has 3 aromatic carbocycles. The van der Waals surface area contributed by atoms with E-state index in [0.717, 1.165) is 16.1 Å². The second-order valence-corrected chi connectivity index (χ2v) is 9.62. The van der Waals surface area contributed by atoms with Gasteiger partial charge in [-0.05, 0) is 49.7 Å². The van der Waals surface area contributed by atoms with E-state index in [1.807, 2.05) is 61.5 Å². The van der Waals surface area contributed by atoms with Crippen LogP contribution in [0, 0.1) is 0 Å². The molecule has 8 heteroatoms. The van der Waals surface area contributed by atoms with E-state index in [0.29, 0.717) is 48.8 Å². The van der Waals surface area contributed by atoms with Crippen molar-refractivity contribution in [2.75, 3.05) is 37.0 Å². The number of amides is 1. The molecule has 0 saturated carbocycles. The van der Waals surface area contributed by atoms with Crippen LogP contribution < -0.4 is 9.64 Å². The van der Waals surface area contributed by atoms with Gasteiger partial charge in [0.2, 0.25) is 5.91 Å². The lowest BCUT2D eigenvalue weighted by molar-refractivity contribution is -0.156. The van der Waals surface area contributed by atoms with Gasteiger partial charge in [-0.3, -0.25) is 9.59 Å². The number of hydrogen-bond acceptors (Lipinski definition) is 7. The smallest absolute Gasteiger partial charge is 0.335 e. The third kappa shape index (κ3) is 6.82. The van der Waals surface area contributed by atoms with Crippen molar-refractivity contribution >= 4 is 35.1 Å². The van der Waals surface area contributed by atoms with Gasteiger partial charge in [-0.25, -0.2) is 4.79 Å². The molecule has 0 fully saturated rings. The van der Waals surface area contributed by atoms with Crippen molar-refractivity contribution in [2.24, 2.45) is 0 Å². The summed E-state index contributed by atoms with van der Waals surface area (Å²) in [5, 5.41) is 0. The summed E-state index contributed by atoms with van der Waals surface area (Å²) in [6, 6.07) is 22.1. The van der Waals surface area contributed by atoms with Crippen LogP contribution in [0.3, 0.4) is 0 Å². The first-order chi connectivity index (χ1) is 18.5. The molecule has 0 N–H and O–H groups in total. The summed E-state index contributed by atoms with van der Waals surface area (Å²) in [7, 11) is 0. The third-order valence-electron chi connectivity index (χ3n) is 6.05. The standard InChI is InChI=1S/C30H31NO6S/c1-3-35-26(30(34)36-4-2)18-21-10-13-24(14-11-21)37-17-16-31-25-19-23(12-15-27(25)38-20-28(31)32)29(33)22-8-6-5-7-9-22/h5-15,19,26H,3-4,16-18,20H2,1-2H3. The molecule has 0 aliphatic carbocycles. The molecule has 0 aromatic heterocycles. The number of benzene rings is 3. The van der Waals surface area contributed by atoms with Crippen LogP contribution in [0.5, 0.6) is 5.75 Å². The minimum absolute atomic E-state index is 0.0216. The van der Waals surface area contributed by atoms with Crippen LogP contribution in [0.15, 0.2) is 77.7 Å². The van der Waals surface area contributed by atoms with Crippen molar-refractivity contribution in [1.29, 1.82) is 0 Å². The monoisotopic (exact) mass is 533 g/mol. The number of hydrogen-bond donors (Lipinski definition) is 0. The number of carbonyl (C=O) groups is 3. The van der Waals surface area contributed by atoms with Crippen molar-refractivity contribution in [3.63, 3.8) is 0 Å². The number of ketones is 1. The fourth-order valence-electron chi connectivity index (χ4n) is 4.18. The topological polar surface area (TPSA) is 82.1 Å². The van der Waals surface area contributed by atoms with Crippen molar-refractivity contribution in [3.8, 4) is 5.75 Å². The molecule has 198 valence electrons. The normalized spacial score (nSPS) is 13.5. The molecule has 4 rings (SSSR count). The summed E-state index contributed by atoms with van der Waals surface area (Å²) in [5.41, 5.74) is 2.81. The fourth-order valence-corrected chi connectivity index (χ4v) is 5.10. The van der Waals surface area contributed by atoms with E-state index in [-0.39, 0.29) is 24.3 Å². The number of anilines is 1. The second-order valence-electron chi connectivity index (χ2n) is 8.60. The lowest BCUT2D eigenvalue weighted by Crippen LogP contribution is -2.38. The van der Waals surface area contributed by atoms with Gasteiger partial charge in [0, 0.05) is 29.1 Å². The molecule has 1 unspecified atom stereocenters. The molecule has 0 radical (unpaired) electrons. The van der Waals surface area contributed by atoms with Crippen LogP contribution in [0.4, 0.5) is 5.69 Å². The zero-order valence-electron chi connectivity index (χ0n) is 21.6. The fraction of sp³-hybridized carbons (Fsp3) is 0.300. The summed E-state index contributed by atoms with van der Waals surface area (Å²) < 4.78 is 16.6. The van der Waals surface area contributed by atoms with E-state index in [9.17, 15) is 14.4 Å². The molecule has 1 aliphatic rings. The Balaban J connectivity index is 1.39. The molecule has 3 aromatic rings. The van der Waals surface area contributed by atoms with Crippen LogP contribution in [0.25, 0.3) is 0 Å². The number of rotatable bonds is 12. The molecule has 38 heavy (non-hydrogen) atoms. The summed E-state index contributed by atoms with van der Waals surface area (Å²) in [4.78, 5) is 40.5. The number of fused-ring (bicyclic) bond motifs is 1. The maximum atomic E-state index is 13.0. The molecule has 0 spiro atoms. The van der Waals surface area contributed by atoms with E-state index in [2.05, 4.69) is 0 Å². The molecular formula is C30H31NO6S. The van der Waals surface area contributed by atoms with Crippen LogP contribution in [0.1, 0.15) is 35.3 Å². The zero-order valence-corrected chi connectivity index (χ0v) is 22.4. The third-order valence-corrected chi connectivity index (χ3v) is 7.09. The highest BCUT2D eigenvalue weighted by Gasteiger charge is 2.26. The van der Waals surface area contributed by atoms with E-state index in [1.54, 1.807) is 30.0 Å². The van der Waals surface area contributed by atoms with Crippen LogP contribution in [-0.4, -0.2) is 55.9 Å². The highest BCUT2D eigenvalue weighted by atomic mass is 32.2. The Morgan fingerprint density at radius 1 is 0.947 bits per heavy atom. The Labute approximate surface area is 227 Å².